The van der Waals surface area contributed by atoms with Gasteiger partial charge in [-0.1, -0.05) is 0 Å². The van der Waals surface area contributed by atoms with Crippen LogP contribution in [0.5, 0.6) is 0 Å². The summed E-state index contributed by atoms with van der Waals surface area (Å²) in [7, 11) is -0.431. The van der Waals surface area contributed by atoms with Crippen molar-refractivity contribution in [2.45, 2.75) is 58.0 Å². The Hall–Kier alpha value is -0.173. The van der Waals surface area contributed by atoms with E-state index >= 15 is 0 Å². The van der Waals surface area contributed by atoms with Gasteiger partial charge < -0.3 is 0 Å². The zero-order valence-electron chi connectivity index (χ0n) is 15.4. The SMILES string of the molecule is CC[SiH-](CC)(CC)OC(CNC(C)COC)c1c(Cl)cncc1Cl. The molecule has 0 aliphatic carbocycles. The van der Waals surface area contributed by atoms with Crippen LogP contribution in [0.25, 0.3) is 0 Å². The van der Waals surface area contributed by atoms with Crippen molar-refractivity contribution >= 4 is 31.5 Å². The third-order valence-electron chi connectivity index (χ3n) is 4.97. The number of methoxy groups -OCH3 is 1. The van der Waals surface area contributed by atoms with Crippen LogP contribution in [0.3, 0.4) is 0 Å². The second-order valence-electron chi connectivity index (χ2n) is 6.50. The molecule has 1 rings (SSSR count). The first-order valence-corrected chi connectivity index (χ1v) is 12.5. The van der Waals surface area contributed by atoms with E-state index in [0.717, 1.165) is 23.7 Å². The summed E-state index contributed by atoms with van der Waals surface area (Å²) < 4.78 is 11.9. The fourth-order valence-corrected chi connectivity index (χ4v) is 6.91. The second-order valence-corrected chi connectivity index (χ2v) is 12.8. The maximum atomic E-state index is 6.73. The molecule has 24 heavy (non-hydrogen) atoms. The number of hydrogen-bond donors (Lipinski definition) is 1. The number of nitrogens with one attached hydrogen (secondary N) is 1. The normalized spacial score (nSPS) is 15.3. The Morgan fingerprint density at radius 3 is 2.12 bits per heavy atom. The fraction of sp³-hybridized carbons (Fsp3) is 0.706. The number of halogens is 2. The average Bonchev–Trinajstić information content (AvgIpc) is 2.57. The Morgan fingerprint density at radius 2 is 1.67 bits per heavy atom. The van der Waals surface area contributed by atoms with E-state index in [4.69, 9.17) is 32.4 Å². The summed E-state index contributed by atoms with van der Waals surface area (Å²) in [5.74, 6) is 0. The molecule has 0 saturated heterocycles. The van der Waals surface area contributed by atoms with Crippen molar-refractivity contribution in [1.82, 2.24) is 10.3 Å². The summed E-state index contributed by atoms with van der Waals surface area (Å²) in [5, 5.41) is 4.59. The molecule has 0 aliphatic heterocycles. The molecule has 0 bridgehead atoms. The Labute approximate surface area is 157 Å². The molecule has 4 nitrogen and oxygen atoms in total. The van der Waals surface area contributed by atoms with Gasteiger partial charge in [0.25, 0.3) is 0 Å². The van der Waals surface area contributed by atoms with Crippen molar-refractivity contribution in [2.75, 3.05) is 20.3 Å². The van der Waals surface area contributed by atoms with Crippen LogP contribution in [0.2, 0.25) is 28.2 Å². The molecular formula is C17H31Cl2N2O2Si-. The van der Waals surface area contributed by atoms with E-state index < -0.39 is 8.32 Å². The Balaban J connectivity index is 3.07. The Bertz CT molecular complexity index is 473. The summed E-state index contributed by atoms with van der Waals surface area (Å²) in [6, 6.07) is 3.53. The predicted octanol–water partition coefficient (Wildman–Crippen LogP) is 4.81. The van der Waals surface area contributed by atoms with Gasteiger partial charge in [-0.25, -0.2) is 0 Å². The third-order valence-corrected chi connectivity index (χ3v) is 10.9. The summed E-state index contributed by atoms with van der Waals surface area (Å²) in [5.41, 5.74) is 0.838. The molecule has 0 amide bonds. The summed E-state index contributed by atoms with van der Waals surface area (Å²) in [4.78, 5) is 4.06. The molecular weight excluding hydrogens is 363 g/mol. The maximum absolute atomic E-state index is 6.73. The summed E-state index contributed by atoms with van der Waals surface area (Å²) in [6.07, 6.45) is 3.10. The summed E-state index contributed by atoms with van der Waals surface area (Å²) in [6.45, 7) is 10.1. The van der Waals surface area contributed by atoms with Crippen LogP contribution in [0.1, 0.15) is 39.4 Å². The van der Waals surface area contributed by atoms with Crippen LogP contribution in [0, 0.1) is 0 Å². The van der Waals surface area contributed by atoms with Crippen molar-refractivity contribution in [3.05, 3.63) is 28.0 Å². The monoisotopic (exact) mass is 393 g/mol. The van der Waals surface area contributed by atoms with E-state index in [-0.39, 0.29) is 12.1 Å². The van der Waals surface area contributed by atoms with E-state index in [0.29, 0.717) is 23.2 Å². The molecule has 0 spiro atoms. The molecule has 0 saturated carbocycles. The van der Waals surface area contributed by atoms with E-state index in [9.17, 15) is 0 Å². The van der Waals surface area contributed by atoms with Crippen molar-refractivity contribution in [1.29, 1.82) is 0 Å². The topological polar surface area (TPSA) is 43.4 Å². The van der Waals surface area contributed by atoms with Crippen molar-refractivity contribution < 1.29 is 9.16 Å². The van der Waals surface area contributed by atoms with Gasteiger partial charge in [-0.15, -0.1) is 0 Å². The number of hydrogen-bond acceptors (Lipinski definition) is 4. The first-order valence-electron chi connectivity index (χ1n) is 8.81. The number of aromatic nitrogens is 1. The molecule has 2 unspecified atom stereocenters. The minimum absolute atomic E-state index is 0.169. The molecule has 1 heterocycles. The van der Waals surface area contributed by atoms with Crippen LogP contribution < -0.4 is 5.32 Å². The fourth-order valence-electron chi connectivity index (χ4n) is 3.07. The predicted molar refractivity (Wildman–Crippen MR) is 106 cm³/mol. The molecule has 1 aromatic heterocycles. The molecule has 0 aromatic carbocycles. The van der Waals surface area contributed by atoms with Crippen molar-refractivity contribution in [2.24, 2.45) is 0 Å². The molecule has 7 heteroatoms. The van der Waals surface area contributed by atoms with Crippen LogP contribution in [-0.2, 0) is 9.16 Å². The molecule has 1 N–H and O–H groups in total. The summed E-state index contributed by atoms with van der Waals surface area (Å²) >= 11 is 12.8. The van der Waals surface area contributed by atoms with Gasteiger partial charge in [0.2, 0.25) is 0 Å². The van der Waals surface area contributed by atoms with Gasteiger partial charge >= 0.3 is 157 Å². The van der Waals surface area contributed by atoms with Crippen LogP contribution >= 0.6 is 23.2 Å². The minimum atomic E-state index is -2.13. The van der Waals surface area contributed by atoms with Gasteiger partial charge in [-0.05, 0) is 0 Å². The molecule has 0 fully saturated rings. The van der Waals surface area contributed by atoms with E-state index in [1.165, 1.54) is 0 Å². The molecule has 2 atom stereocenters. The first kappa shape index (κ1) is 21.9. The van der Waals surface area contributed by atoms with Gasteiger partial charge in [-0.3, -0.25) is 0 Å². The van der Waals surface area contributed by atoms with E-state index in [1.54, 1.807) is 19.5 Å². The number of rotatable bonds is 11. The van der Waals surface area contributed by atoms with Crippen LogP contribution in [0.15, 0.2) is 12.4 Å². The van der Waals surface area contributed by atoms with Gasteiger partial charge in [0.1, 0.15) is 0 Å². The average molecular weight is 394 g/mol. The molecule has 140 valence electrons. The van der Waals surface area contributed by atoms with Gasteiger partial charge in [0.15, 0.2) is 0 Å². The number of pyridine rings is 1. The standard InChI is InChI=1S/C17H31Cl2N2O2Si/c1-6-24(7-2,8-3)23-16(11-21-13(4)12-22-5)17-14(18)9-20-10-15(17)19/h9-10,13,16,21,24H,6-8,11-12H2,1-5H3/q-1. The number of nitrogens with zero attached hydrogens (tertiary/aromatic N) is 1. The van der Waals surface area contributed by atoms with Crippen molar-refractivity contribution in [3.63, 3.8) is 0 Å². The quantitative estimate of drug-likeness (QED) is 0.547. The second kappa shape index (κ2) is 10.7. The van der Waals surface area contributed by atoms with Crippen LogP contribution in [-0.4, -0.2) is 39.6 Å². The van der Waals surface area contributed by atoms with E-state index in [2.05, 4.69) is 38.0 Å². The Kier molecular flexibility index (Phi) is 9.78. The number of ether oxygens (including phenoxy) is 1. The molecule has 1 aromatic rings. The van der Waals surface area contributed by atoms with Gasteiger partial charge in [-0.2, -0.15) is 0 Å². The zero-order chi connectivity index (χ0) is 18.2. The Morgan fingerprint density at radius 1 is 1.12 bits per heavy atom. The van der Waals surface area contributed by atoms with Crippen molar-refractivity contribution in [3.8, 4) is 0 Å². The first-order chi connectivity index (χ1) is 11.4. The van der Waals surface area contributed by atoms with Gasteiger partial charge in [0.05, 0.1) is 0 Å². The zero-order valence-corrected chi connectivity index (χ0v) is 18.1. The third kappa shape index (κ3) is 5.97. The van der Waals surface area contributed by atoms with Crippen LogP contribution in [0.4, 0.5) is 0 Å². The molecule has 0 aliphatic rings. The molecule has 0 radical (unpaired) electrons. The van der Waals surface area contributed by atoms with Gasteiger partial charge in [0, 0.05) is 0 Å². The van der Waals surface area contributed by atoms with E-state index in [1.807, 2.05) is 0 Å².